The molecule has 0 amide bonds. The summed E-state index contributed by atoms with van der Waals surface area (Å²) in [6.45, 7) is 0. The van der Waals surface area contributed by atoms with Gasteiger partial charge in [-0.05, 0) is 0 Å². The normalized spacial score (nSPS) is 1.60. The van der Waals surface area contributed by atoms with Gasteiger partial charge >= 0.3 is 51.4 Å². The van der Waals surface area contributed by atoms with Gasteiger partial charge in [-0.25, -0.2) is 0 Å². The van der Waals surface area contributed by atoms with Crippen LogP contribution in [-0.4, -0.2) is 51.4 Å². The smallest absolute Gasteiger partial charge is 0 e. The monoisotopic (exact) mass is 283 g/mol. The molecule has 0 atom stereocenters. The van der Waals surface area contributed by atoms with Gasteiger partial charge in [0, 0.05) is 21.1 Å². The first-order valence-corrected chi connectivity index (χ1v) is 0.894. The summed E-state index contributed by atoms with van der Waals surface area (Å²) in [5, 5.41) is 8.63. The second-order valence-corrected chi connectivity index (χ2v) is 0.300. The molecule has 0 aromatic heterocycles. The standard InChI is InChI=1S/CHNS.K.W.H/c2-1-3;;;/h3H;;;. The third kappa shape index (κ3) is 22.8. The van der Waals surface area contributed by atoms with Gasteiger partial charge in [0.15, 0.2) is 0 Å². The fourth-order valence-electron chi connectivity index (χ4n) is 0. The van der Waals surface area contributed by atoms with Crippen molar-refractivity contribution in [1.29, 1.82) is 5.26 Å². The number of thiocyanates is 1. The first kappa shape index (κ1) is 15.7. The number of thiol groups is 1. The topological polar surface area (TPSA) is 23.8 Å². The molecule has 1 nitrogen and oxygen atoms in total. The quantitative estimate of drug-likeness (QED) is 0.370. The fraction of sp³-hybridized carbons (Fsp3) is 0. The molecule has 0 aromatic carbocycles. The van der Waals surface area contributed by atoms with Gasteiger partial charge in [0.2, 0.25) is 0 Å². The van der Waals surface area contributed by atoms with E-state index >= 15 is 0 Å². The molecule has 0 aliphatic heterocycles. The number of nitrogens with zero attached hydrogens (tertiary/aromatic N) is 1. The van der Waals surface area contributed by atoms with Gasteiger partial charge in [-0.3, -0.25) is 0 Å². The maximum Gasteiger partial charge on any atom is 0 e. The van der Waals surface area contributed by atoms with Gasteiger partial charge in [0.1, 0.15) is 5.40 Å². The van der Waals surface area contributed by atoms with E-state index in [0.29, 0.717) is 0 Å². The molecule has 0 aliphatic rings. The molecule has 0 rings (SSSR count). The summed E-state index contributed by atoms with van der Waals surface area (Å²) in [6.07, 6.45) is 0. The predicted octanol–water partition coefficient (Wildman–Crippen LogP) is -0.254. The Morgan fingerprint density at radius 3 is 1.60 bits per heavy atom. The summed E-state index contributed by atoms with van der Waals surface area (Å²) < 4.78 is 0. The van der Waals surface area contributed by atoms with E-state index in [0.717, 1.165) is 0 Å². The summed E-state index contributed by atoms with van der Waals surface area (Å²) >= 11 is 3.09. The van der Waals surface area contributed by atoms with Gasteiger partial charge in [0.25, 0.3) is 0 Å². The first-order valence-electron chi connectivity index (χ1n) is 0.447. The Morgan fingerprint density at radius 2 is 1.60 bits per heavy atom. The van der Waals surface area contributed by atoms with Crippen molar-refractivity contribution in [3.05, 3.63) is 0 Å². The van der Waals surface area contributed by atoms with Crippen molar-refractivity contribution in [3.63, 3.8) is 0 Å². The minimum absolute atomic E-state index is 0. The van der Waals surface area contributed by atoms with Crippen molar-refractivity contribution < 1.29 is 21.1 Å². The molecule has 0 radical (unpaired) electrons. The van der Waals surface area contributed by atoms with Crippen molar-refractivity contribution in [2.75, 3.05) is 0 Å². The van der Waals surface area contributed by atoms with Crippen LogP contribution < -0.4 is 0 Å². The van der Waals surface area contributed by atoms with E-state index in [1.807, 2.05) is 0 Å². The van der Waals surface area contributed by atoms with E-state index in [1.165, 1.54) is 5.40 Å². The van der Waals surface area contributed by atoms with Crippen LogP contribution in [0, 0.1) is 10.7 Å². The van der Waals surface area contributed by atoms with Crippen LogP contribution >= 0.6 is 12.6 Å². The molecule has 5 heavy (non-hydrogen) atoms. The van der Waals surface area contributed by atoms with Crippen LogP contribution in [0.5, 0.6) is 0 Å². The molecule has 0 N–H and O–H groups in total. The number of nitriles is 1. The largest absolute Gasteiger partial charge is 0 e. The molecule has 4 heteroatoms. The van der Waals surface area contributed by atoms with Crippen molar-refractivity contribution >= 4 is 64.0 Å². The van der Waals surface area contributed by atoms with Gasteiger partial charge in [-0.2, -0.15) is 5.26 Å². The van der Waals surface area contributed by atoms with Gasteiger partial charge in [0.05, 0.1) is 0 Å². The second-order valence-electron chi connectivity index (χ2n) is 0.100. The Hall–Kier alpha value is 2.16. The van der Waals surface area contributed by atoms with E-state index in [4.69, 9.17) is 5.26 Å². The average molecular weight is 283 g/mol. The number of rotatable bonds is 0. The zero-order chi connectivity index (χ0) is 2.71. The fourth-order valence-corrected chi connectivity index (χ4v) is 0. The van der Waals surface area contributed by atoms with Gasteiger partial charge < -0.3 is 0 Å². The van der Waals surface area contributed by atoms with E-state index < -0.39 is 0 Å². The molecule has 0 heterocycles. The SMILES string of the molecule is N#CS.[KH].[W]. The minimum atomic E-state index is 0. The Morgan fingerprint density at radius 1 is 1.60 bits per heavy atom. The Labute approximate surface area is 93.6 Å². The van der Waals surface area contributed by atoms with Crippen LogP contribution in [0.25, 0.3) is 0 Å². The zero-order valence-electron chi connectivity index (χ0n) is 1.80. The number of hydrogen-bond donors (Lipinski definition) is 1. The Balaban J connectivity index is -0.0000000200. The molecule has 0 fully saturated rings. The molecule has 0 bridgehead atoms. The van der Waals surface area contributed by atoms with E-state index in [9.17, 15) is 0 Å². The summed E-state index contributed by atoms with van der Waals surface area (Å²) in [4.78, 5) is 0. The summed E-state index contributed by atoms with van der Waals surface area (Å²) in [7, 11) is 0. The molecule has 0 saturated carbocycles. The van der Waals surface area contributed by atoms with Gasteiger partial charge in [-0.1, -0.05) is 12.6 Å². The summed E-state index contributed by atoms with van der Waals surface area (Å²) in [5.41, 5.74) is 0. The van der Waals surface area contributed by atoms with Crippen LogP contribution in [0.4, 0.5) is 0 Å². The molecule has 0 unspecified atom stereocenters. The van der Waals surface area contributed by atoms with Crippen molar-refractivity contribution in [2.45, 2.75) is 0 Å². The molecule has 0 spiro atoms. The van der Waals surface area contributed by atoms with E-state index in [1.54, 1.807) is 0 Å². The minimum Gasteiger partial charge on any atom is 0 e. The predicted molar refractivity (Wildman–Crippen MR) is 21.7 cm³/mol. The number of hydrogen-bond acceptors (Lipinski definition) is 2. The molecule has 0 saturated heterocycles. The summed E-state index contributed by atoms with van der Waals surface area (Å²) in [6, 6.07) is 0. The maximum absolute atomic E-state index is 7.18. The van der Waals surface area contributed by atoms with E-state index in [2.05, 4.69) is 12.6 Å². The molecule has 24 valence electrons. The average Bonchev–Trinajstić information content (AvgIpc) is 0.918. The van der Waals surface area contributed by atoms with Crippen LogP contribution in [0.1, 0.15) is 0 Å². The van der Waals surface area contributed by atoms with Gasteiger partial charge in [-0.15, -0.1) is 0 Å². The molecular formula is CH2KNSW. The van der Waals surface area contributed by atoms with Crippen LogP contribution in [0.3, 0.4) is 0 Å². The Bertz CT molecular complexity index is 33.1. The molecule has 0 aromatic rings. The van der Waals surface area contributed by atoms with Crippen molar-refractivity contribution in [2.24, 2.45) is 0 Å². The molecule has 0 aliphatic carbocycles. The van der Waals surface area contributed by atoms with Crippen LogP contribution in [-0.2, 0) is 21.1 Å². The molecular weight excluding hydrogens is 281 g/mol. The summed E-state index contributed by atoms with van der Waals surface area (Å²) in [5.74, 6) is 0. The van der Waals surface area contributed by atoms with Crippen LogP contribution in [0.15, 0.2) is 0 Å². The third-order valence-corrected chi connectivity index (χ3v) is 0. The third-order valence-electron chi connectivity index (χ3n) is 0. The van der Waals surface area contributed by atoms with E-state index in [-0.39, 0.29) is 72.4 Å². The maximum atomic E-state index is 7.18. The zero-order valence-corrected chi connectivity index (χ0v) is 5.63. The van der Waals surface area contributed by atoms with Crippen LogP contribution in [0.2, 0.25) is 0 Å². The van der Waals surface area contributed by atoms with Crippen molar-refractivity contribution in [1.82, 2.24) is 0 Å². The van der Waals surface area contributed by atoms with Crippen molar-refractivity contribution in [3.8, 4) is 5.40 Å². The second kappa shape index (κ2) is 16.4. The Kier molecular flexibility index (Phi) is 51.5. The first-order chi connectivity index (χ1) is 1.41.